The third-order valence-electron chi connectivity index (χ3n) is 3.99. The summed E-state index contributed by atoms with van der Waals surface area (Å²) >= 11 is 0. The Bertz CT molecular complexity index is 442. The summed E-state index contributed by atoms with van der Waals surface area (Å²) in [5.41, 5.74) is 13.6. The summed E-state index contributed by atoms with van der Waals surface area (Å²) in [6.45, 7) is 4.03. The molecular formula is C17H29N5O. The second kappa shape index (κ2) is 10.3. The van der Waals surface area contributed by atoms with Gasteiger partial charge in [-0.25, -0.2) is 0 Å². The van der Waals surface area contributed by atoms with E-state index in [1.807, 2.05) is 35.2 Å². The third-order valence-corrected chi connectivity index (χ3v) is 3.99. The average molecular weight is 319 g/mol. The van der Waals surface area contributed by atoms with Gasteiger partial charge >= 0.3 is 0 Å². The molecule has 5 N–H and O–H groups in total. The van der Waals surface area contributed by atoms with Crippen molar-refractivity contribution in [2.45, 2.75) is 31.7 Å². The van der Waals surface area contributed by atoms with Crippen LogP contribution in [0.1, 0.15) is 24.8 Å². The van der Waals surface area contributed by atoms with E-state index >= 15 is 0 Å². The molecule has 1 saturated heterocycles. The Balaban J connectivity index is 1.87. The van der Waals surface area contributed by atoms with E-state index in [0.29, 0.717) is 19.6 Å². The highest BCUT2D eigenvalue weighted by Crippen LogP contribution is 2.05. The fraction of sp³-hybridized carbons (Fsp3) is 0.588. The Morgan fingerprint density at radius 3 is 2.57 bits per heavy atom. The Kier molecular flexibility index (Phi) is 8.03. The number of carbonyl (C=O) groups is 1. The lowest BCUT2D eigenvalue weighted by atomic mass is 10.1. The summed E-state index contributed by atoms with van der Waals surface area (Å²) in [5.74, 6) is 0.0198. The van der Waals surface area contributed by atoms with Crippen molar-refractivity contribution in [1.82, 2.24) is 21.1 Å². The van der Waals surface area contributed by atoms with Crippen molar-refractivity contribution in [3.63, 3.8) is 0 Å². The summed E-state index contributed by atoms with van der Waals surface area (Å²) in [4.78, 5) is 14.5. The molecule has 0 spiro atoms. The van der Waals surface area contributed by atoms with Crippen molar-refractivity contribution in [2.24, 2.45) is 5.73 Å². The van der Waals surface area contributed by atoms with Crippen LogP contribution in [0, 0.1) is 0 Å². The molecule has 128 valence electrons. The van der Waals surface area contributed by atoms with Crippen LogP contribution in [0.3, 0.4) is 0 Å². The first-order valence-electron chi connectivity index (χ1n) is 8.52. The Morgan fingerprint density at radius 1 is 1.09 bits per heavy atom. The fourth-order valence-corrected chi connectivity index (χ4v) is 2.67. The van der Waals surface area contributed by atoms with Gasteiger partial charge in [0.25, 0.3) is 0 Å². The molecule has 1 aromatic rings. The van der Waals surface area contributed by atoms with Crippen molar-refractivity contribution < 1.29 is 4.79 Å². The summed E-state index contributed by atoms with van der Waals surface area (Å²) in [5, 5.41) is 3.35. The molecule has 0 aliphatic carbocycles. The molecule has 1 unspecified atom stereocenters. The summed E-state index contributed by atoms with van der Waals surface area (Å²) in [6.07, 6.45) is 3.68. The number of rotatable bonds is 3. The molecule has 1 heterocycles. The lowest BCUT2D eigenvalue weighted by Crippen LogP contribution is -2.49. The van der Waals surface area contributed by atoms with Gasteiger partial charge in [-0.1, -0.05) is 30.3 Å². The second-order valence-corrected chi connectivity index (χ2v) is 5.97. The standard InChI is InChI=1S/C17H29N5O/c18-16(13-15-7-2-1-3-8-15)17(23)22-12-6-11-21-20-10-5-4-9-19-14-22/h1-3,7-8,16,19-21H,4-6,9-14,18H2. The van der Waals surface area contributed by atoms with Crippen LogP contribution < -0.4 is 21.9 Å². The number of nitrogens with two attached hydrogens (primary N) is 1. The topological polar surface area (TPSA) is 82.4 Å². The van der Waals surface area contributed by atoms with Crippen molar-refractivity contribution in [2.75, 3.05) is 32.8 Å². The second-order valence-electron chi connectivity index (χ2n) is 5.97. The van der Waals surface area contributed by atoms with Crippen LogP contribution in [-0.2, 0) is 11.2 Å². The van der Waals surface area contributed by atoms with E-state index in [1.54, 1.807) is 0 Å². The molecule has 1 atom stereocenters. The minimum atomic E-state index is -0.488. The fourth-order valence-electron chi connectivity index (χ4n) is 2.67. The highest BCUT2D eigenvalue weighted by Gasteiger charge is 2.20. The largest absolute Gasteiger partial charge is 0.329 e. The van der Waals surface area contributed by atoms with E-state index in [9.17, 15) is 4.79 Å². The highest BCUT2D eigenvalue weighted by molar-refractivity contribution is 5.82. The average Bonchev–Trinajstić information content (AvgIpc) is 2.56. The summed E-state index contributed by atoms with van der Waals surface area (Å²) in [6, 6.07) is 9.46. The zero-order valence-electron chi connectivity index (χ0n) is 13.8. The first kappa shape index (κ1) is 17.9. The van der Waals surface area contributed by atoms with E-state index < -0.39 is 6.04 Å². The van der Waals surface area contributed by atoms with Crippen molar-refractivity contribution in [3.8, 4) is 0 Å². The van der Waals surface area contributed by atoms with Gasteiger partial charge in [-0.05, 0) is 37.8 Å². The van der Waals surface area contributed by atoms with Gasteiger partial charge in [-0.3, -0.25) is 21.0 Å². The SMILES string of the molecule is NC(Cc1ccccc1)C(=O)N1CCCNNCCCCNC1. The van der Waals surface area contributed by atoms with Crippen LogP contribution in [0.4, 0.5) is 0 Å². The lowest BCUT2D eigenvalue weighted by Gasteiger charge is -2.27. The molecule has 6 nitrogen and oxygen atoms in total. The van der Waals surface area contributed by atoms with Crippen LogP contribution in [0.2, 0.25) is 0 Å². The van der Waals surface area contributed by atoms with Crippen molar-refractivity contribution >= 4 is 5.91 Å². The summed E-state index contributed by atoms with van der Waals surface area (Å²) < 4.78 is 0. The van der Waals surface area contributed by atoms with Gasteiger partial charge in [0.05, 0.1) is 12.7 Å². The molecular weight excluding hydrogens is 290 g/mol. The van der Waals surface area contributed by atoms with Gasteiger partial charge in [0, 0.05) is 19.6 Å². The monoisotopic (exact) mass is 319 g/mol. The lowest BCUT2D eigenvalue weighted by molar-refractivity contribution is -0.133. The molecule has 0 bridgehead atoms. The molecule has 1 fully saturated rings. The zero-order valence-corrected chi connectivity index (χ0v) is 13.8. The van der Waals surface area contributed by atoms with Gasteiger partial charge in [0.1, 0.15) is 0 Å². The number of hydrogen-bond acceptors (Lipinski definition) is 5. The Labute approximate surface area is 138 Å². The number of nitrogens with one attached hydrogen (secondary N) is 3. The molecule has 6 heteroatoms. The number of hydrazine groups is 1. The first-order valence-corrected chi connectivity index (χ1v) is 8.52. The maximum Gasteiger partial charge on any atom is 0.240 e. The predicted molar refractivity (Wildman–Crippen MR) is 92.6 cm³/mol. The van der Waals surface area contributed by atoms with Crippen molar-refractivity contribution in [1.29, 1.82) is 0 Å². The smallest absolute Gasteiger partial charge is 0.240 e. The van der Waals surface area contributed by atoms with Crippen molar-refractivity contribution in [3.05, 3.63) is 35.9 Å². The van der Waals surface area contributed by atoms with E-state index in [-0.39, 0.29) is 5.91 Å². The number of benzene rings is 1. The van der Waals surface area contributed by atoms with E-state index in [0.717, 1.165) is 44.5 Å². The van der Waals surface area contributed by atoms with Crippen LogP contribution in [-0.4, -0.2) is 49.7 Å². The molecule has 0 saturated carbocycles. The molecule has 2 rings (SSSR count). The molecule has 1 amide bonds. The maximum atomic E-state index is 12.6. The quantitative estimate of drug-likeness (QED) is 0.640. The predicted octanol–water partition coefficient (Wildman–Crippen LogP) is 0.210. The molecule has 1 aliphatic heterocycles. The van der Waals surface area contributed by atoms with Gasteiger partial charge in [0.2, 0.25) is 5.91 Å². The molecule has 23 heavy (non-hydrogen) atoms. The van der Waals surface area contributed by atoms with Crippen LogP contribution in [0.25, 0.3) is 0 Å². The molecule has 0 aromatic heterocycles. The maximum absolute atomic E-state index is 12.6. The zero-order chi connectivity index (χ0) is 16.3. The third kappa shape index (κ3) is 6.66. The summed E-state index contributed by atoms with van der Waals surface area (Å²) in [7, 11) is 0. The Hall–Kier alpha value is -1.47. The van der Waals surface area contributed by atoms with Crippen LogP contribution in [0.5, 0.6) is 0 Å². The van der Waals surface area contributed by atoms with Gasteiger partial charge < -0.3 is 10.6 Å². The van der Waals surface area contributed by atoms with E-state index in [2.05, 4.69) is 16.2 Å². The van der Waals surface area contributed by atoms with E-state index in [4.69, 9.17) is 5.73 Å². The minimum Gasteiger partial charge on any atom is -0.329 e. The van der Waals surface area contributed by atoms with Crippen LogP contribution in [0.15, 0.2) is 30.3 Å². The molecule has 1 aromatic carbocycles. The normalized spacial score (nSPS) is 19.4. The Morgan fingerprint density at radius 2 is 1.78 bits per heavy atom. The molecule has 0 radical (unpaired) electrons. The number of hydrogen-bond donors (Lipinski definition) is 4. The highest BCUT2D eigenvalue weighted by atomic mass is 16.2. The van der Waals surface area contributed by atoms with Gasteiger partial charge in [-0.2, -0.15) is 0 Å². The minimum absolute atomic E-state index is 0.0198. The number of nitrogens with zero attached hydrogens (tertiary/aromatic N) is 1. The van der Waals surface area contributed by atoms with Crippen LogP contribution >= 0.6 is 0 Å². The first-order chi connectivity index (χ1) is 11.3. The van der Waals surface area contributed by atoms with Gasteiger partial charge in [-0.15, -0.1) is 0 Å². The molecule has 1 aliphatic rings. The number of carbonyl (C=O) groups excluding carboxylic acids is 1. The number of amides is 1. The van der Waals surface area contributed by atoms with Gasteiger partial charge in [0.15, 0.2) is 0 Å². The van der Waals surface area contributed by atoms with E-state index in [1.165, 1.54) is 0 Å².